The van der Waals surface area contributed by atoms with Gasteiger partial charge in [-0.1, -0.05) is 23.8 Å². The number of hydrogen-bond donors (Lipinski definition) is 1. The van der Waals surface area contributed by atoms with Crippen molar-refractivity contribution in [2.45, 2.75) is 20.0 Å². The van der Waals surface area contributed by atoms with Crippen molar-refractivity contribution >= 4 is 33.4 Å². The van der Waals surface area contributed by atoms with Crippen molar-refractivity contribution in [1.29, 1.82) is 0 Å². The van der Waals surface area contributed by atoms with Gasteiger partial charge in [-0.3, -0.25) is 9.59 Å². The Morgan fingerprint density at radius 1 is 1.29 bits per heavy atom. The molecule has 0 spiro atoms. The molecule has 4 rings (SSSR count). The van der Waals surface area contributed by atoms with Crippen LogP contribution >= 0.6 is 11.3 Å². The van der Waals surface area contributed by atoms with E-state index in [1.165, 1.54) is 16.9 Å². The first-order valence-electron chi connectivity index (χ1n) is 10.2. The van der Waals surface area contributed by atoms with Crippen LogP contribution in [-0.2, 0) is 9.53 Å². The Kier molecular flexibility index (Phi) is 6.48. The molecule has 162 valence electrons. The number of rotatable bonds is 6. The van der Waals surface area contributed by atoms with Crippen LogP contribution in [0.25, 0.3) is 10.2 Å². The van der Waals surface area contributed by atoms with Crippen molar-refractivity contribution in [1.82, 2.24) is 15.2 Å². The summed E-state index contributed by atoms with van der Waals surface area (Å²) < 4.78 is 11.7. The number of pyridine rings is 1. The van der Waals surface area contributed by atoms with E-state index >= 15 is 0 Å². The largest absolute Gasteiger partial charge is 0.492 e. The Bertz CT molecular complexity index is 1080. The predicted octanol–water partition coefficient (Wildman–Crippen LogP) is 3.33. The fourth-order valence-corrected chi connectivity index (χ4v) is 4.71. The van der Waals surface area contributed by atoms with Crippen LogP contribution in [0, 0.1) is 6.92 Å². The molecule has 1 atom stereocenters. The number of fused-ring (bicyclic) bond motifs is 1. The molecule has 1 aliphatic rings. The van der Waals surface area contributed by atoms with E-state index in [9.17, 15) is 9.59 Å². The number of benzene rings is 1. The average molecular weight is 440 g/mol. The zero-order valence-corrected chi connectivity index (χ0v) is 18.4. The first-order chi connectivity index (χ1) is 15.0. The first kappa shape index (κ1) is 21.3. The Morgan fingerprint density at radius 2 is 2.10 bits per heavy atom. The SMILES string of the molecule is CC(=O)N1CCOC(c2c(C(=O)NCCOc3ccc(C)cc3)sc3ncccc23)C1. The van der Waals surface area contributed by atoms with Crippen molar-refractivity contribution < 1.29 is 19.1 Å². The van der Waals surface area contributed by atoms with Crippen LogP contribution in [0.3, 0.4) is 0 Å². The van der Waals surface area contributed by atoms with Gasteiger partial charge >= 0.3 is 0 Å². The lowest BCUT2D eigenvalue weighted by atomic mass is 10.0. The molecule has 0 aliphatic carbocycles. The second kappa shape index (κ2) is 9.45. The van der Waals surface area contributed by atoms with Crippen LogP contribution in [-0.4, -0.2) is 54.5 Å². The Hall–Kier alpha value is -2.97. The second-order valence-corrected chi connectivity index (χ2v) is 8.44. The fourth-order valence-electron chi connectivity index (χ4n) is 3.60. The third-order valence-electron chi connectivity index (χ3n) is 5.22. The van der Waals surface area contributed by atoms with E-state index in [4.69, 9.17) is 9.47 Å². The predicted molar refractivity (Wildman–Crippen MR) is 120 cm³/mol. The number of morpholine rings is 1. The van der Waals surface area contributed by atoms with Crippen LogP contribution in [0.1, 0.15) is 33.8 Å². The highest BCUT2D eigenvalue weighted by molar-refractivity contribution is 7.20. The molecule has 0 radical (unpaired) electrons. The Labute approximate surface area is 185 Å². The Morgan fingerprint density at radius 3 is 2.87 bits per heavy atom. The molecule has 1 N–H and O–H groups in total. The van der Waals surface area contributed by atoms with Crippen molar-refractivity contribution in [2.75, 3.05) is 32.8 Å². The summed E-state index contributed by atoms with van der Waals surface area (Å²) in [5.41, 5.74) is 1.97. The summed E-state index contributed by atoms with van der Waals surface area (Å²) in [7, 11) is 0. The zero-order chi connectivity index (χ0) is 21.8. The van der Waals surface area contributed by atoms with Gasteiger partial charge in [-0.25, -0.2) is 4.98 Å². The molecule has 1 unspecified atom stereocenters. The average Bonchev–Trinajstić information content (AvgIpc) is 3.17. The smallest absolute Gasteiger partial charge is 0.261 e. The summed E-state index contributed by atoms with van der Waals surface area (Å²) in [4.78, 5) is 32.4. The highest BCUT2D eigenvalue weighted by atomic mass is 32.1. The molecule has 8 heteroatoms. The molecule has 1 aliphatic heterocycles. The van der Waals surface area contributed by atoms with E-state index in [1.807, 2.05) is 43.3 Å². The molecule has 3 aromatic rings. The third-order valence-corrected chi connectivity index (χ3v) is 6.35. The van der Waals surface area contributed by atoms with Gasteiger partial charge in [-0.15, -0.1) is 11.3 Å². The molecule has 1 saturated heterocycles. The number of aromatic nitrogens is 1. The minimum absolute atomic E-state index is 0.00483. The number of nitrogens with zero attached hydrogens (tertiary/aromatic N) is 2. The van der Waals surface area contributed by atoms with Crippen LogP contribution in [0.4, 0.5) is 0 Å². The zero-order valence-electron chi connectivity index (χ0n) is 17.6. The number of ether oxygens (including phenoxy) is 2. The lowest BCUT2D eigenvalue weighted by Gasteiger charge is -2.32. The minimum atomic E-state index is -0.361. The van der Waals surface area contributed by atoms with Crippen LogP contribution in [0.2, 0.25) is 0 Å². The minimum Gasteiger partial charge on any atom is -0.492 e. The number of carbonyl (C=O) groups is 2. The van der Waals surface area contributed by atoms with Gasteiger partial charge in [0.25, 0.3) is 5.91 Å². The molecule has 1 fully saturated rings. The van der Waals surface area contributed by atoms with Crippen molar-refractivity contribution in [2.24, 2.45) is 0 Å². The fraction of sp³-hybridized carbons (Fsp3) is 0.348. The van der Waals surface area contributed by atoms with Crippen molar-refractivity contribution in [3.05, 3.63) is 58.6 Å². The quantitative estimate of drug-likeness (QED) is 0.596. The van der Waals surface area contributed by atoms with Gasteiger partial charge in [-0.2, -0.15) is 0 Å². The van der Waals surface area contributed by atoms with Gasteiger partial charge in [0.15, 0.2) is 0 Å². The standard InChI is InChI=1S/C23H25N3O4S/c1-15-5-7-17(8-6-15)29-12-10-24-22(28)21-20(18-4-3-9-25-23(18)31-21)19-14-26(16(2)27)11-13-30-19/h3-9,19H,10-14H2,1-2H3,(H,24,28). The van der Waals surface area contributed by atoms with Crippen LogP contribution in [0.15, 0.2) is 42.6 Å². The number of carbonyl (C=O) groups excluding carboxylic acids is 2. The molecular formula is C23H25N3O4S. The molecule has 0 bridgehead atoms. The van der Waals surface area contributed by atoms with Crippen molar-refractivity contribution in [3.63, 3.8) is 0 Å². The molecule has 7 nitrogen and oxygen atoms in total. The molecular weight excluding hydrogens is 414 g/mol. The Balaban J connectivity index is 1.48. The van der Waals surface area contributed by atoms with E-state index in [0.717, 1.165) is 21.5 Å². The van der Waals surface area contributed by atoms with Crippen LogP contribution < -0.4 is 10.1 Å². The van der Waals surface area contributed by atoms with Gasteiger partial charge in [0.1, 0.15) is 28.2 Å². The van der Waals surface area contributed by atoms with E-state index in [1.54, 1.807) is 18.0 Å². The first-order valence-corrected chi connectivity index (χ1v) is 11.1. The van der Waals surface area contributed by atoms with E-state index in [-0.39, 0.29) is 17.9 Å². The van der Waals surface area contributed by atoms with E-state index < -0.39 is 0 Å². The third kappa shape index (κ3) is 4.86. The summed E-state index contributed by atoms with van der Waals surface area (Å²) in [6.07, 6.45) is 1.35. The maximum atomic E-state index is 13.0. The van der Waals surface area contributed by atoms with Gasteiger partial charge in [0.2, 0.25) is 5.91 Å². The number of amides is 2. The summed E-state index contributed by atoms with van der Waals surface area (Å²) in [5, 5.41) is 3.83. The monoisotopic (exact) mass is 439 g/mol. The number of hydrogen-bond acceptors (Lipinski definition) is 6. The highest BCUT2D eigenvalue weighted by Crippen LogP contribution is 2.37. The molecule has 2 aromatic heterocycles. The molecule has 1 aromatic carbocycles. The normalized spacial score (nSPS) is 16.3. The number of nitrogens with one attached hydrogen (secondary N) is 1. The second-order valence-electron chi connectivity index (χ2n) is 7.44. The summed E-state index contributed by atoms with van der Waals surface area (Å²) in [5.74, 6) is 0.589. The van der Waals surface area contributed by atoms with Gasteiger partial charge < -0.3 is 19.7 Å². The van der Waals surface area contributed by atoms with Gasteiger partial charge in [-0.05, 0) is 25.1 Å². The maximum absolute atomic E-state index is 13.0. The maximum Gasteiger partial charge on any atom is 0.261 e. The summed E-state index contributed by atoms with van der Waals surface area (Å²) in [6, 6.07) is 11.6. The van der Waals surface area contributed by atoms with Crippen LogP contribution in [0.5, 0.6) is 5.75 Å². The van der Waals surface area contributed by atoms with E-state index in [2.05, 4.69) is 10.3 Å². The topological polar surface area (TPSA) is 80.8 Å². The van der Waals surface area contributed by atoms with E-state index in [0.29, 0.717) is 37.7 Å². The molecule has 3 heterocycles. The lowest BCUT2D eigenvalue weighted by molar-refractivity contribution is -0.136. The number of thiophene rings is 1. The number of aryl methyl sites for hydroxylation is 1. The summed E-state index contributed by atoms with van der Waals surface area (Å²) >= 11 is 1.34. The molecule has 31 heavy (non-hydrogen) atoms. The molecule has 0 saturated carbocycles. The summed E-state index contributed by atoms with van der Waals surface area (Å²) in [6.45, 7) is 5.74. The van der Waals surface area contributed by atoms with Crippen molar-refractivity contribution in [3.8, 4) is 5.75 Å². The van der Waals surface area contributed by atoms with Gasteiger partial charge in [0.05, 0.1) is 19.7 Å². The van der Waals surface area contributed by atoms with Gasteiger partial charge in [0, 0.05) is 30.6 Å². The highest BCUT2D eigenvalue weighted by Gasteiger charge is 2.30. The molecule has 2 amide bonds. The lowest BCUT2D eigenvalue weighted by Crippen LogP contribution is -2.41.